The summed E-state index contributed by atoms with van der Waals surface area (Å²) in [5.74, 6) is 0.782. The second-order valence-electron chi connectivity index (χ2n) is 6.79. The van der Waals surface area contributed by atoms with E-state index >= 15 is 0 Å². The van der Waals surface area contributed by atoms with E-state index in [0.29, 0.717) is 5.58 Å². The van der Waals surface area contributed by atoms with Gasteiger partial charge in [-0.3, -0.25) is 4.90 Å². The maximum atomic E-state index is 12.0. The Balaban J connectivity index is 1.54. The molecule has 0 N–H and O–H groups in total. The van der Waals surface area contributed by atoms with E-state index < -0.39 is 0 Å². The topological polar surface area (TPSA) is 62.5 Å². The zero-order chi connectivity index (χ0) is 18.1. The van der Waals surface area contributed by atoms with Crippen molar-refractivity contribution < 1.29 is 4.42 Å². The molecule has 1 aliphatic rings. The molecule has 0 radical (unpaired) electrons. The Morgan fingerprint density at radius 3 is 2.54 bits per heavy atom. The zero-order valence-electron chi connectivity index (χ0n) is 15.1. The average molecular weight is 350 g/mol. The normalized spacial score (nSPS) is 15.5. The Morgan fingerprint density at radius 1 is 1.08 bits per heavy atom. The van der Waals surface area contributed by atoms with Crippen LogP contribution in [-0.2, 0) is 6.54 Å². The molecule has 26 heavy (non-hydrogen) atoms. The molecule has 4 rings (SSSR count). The molecule has 134 valence electrons. The maximum Gasteiger partial charge on any atom is 0.336 e. The predicted octanol–water partition coefficient (Wildman–Crippen LogP) is 2.52. The van der Waals surface area contributed by atoms with Gasteiger partial charge in [-0.25, -0.2) is 14.8 Å². The molecular weight excluding hydrogens is 328 g/mol. The molecular formula is C20H22N4O2. The summed E-state index contributed by atoms with van der Waals surface area (Å²) in [4.78, 5) is 25.2. The lowest BCUT2D eigenvalue weighted by molar-refractivity contribution is 0.249. The Bertz CT molecular complexity index is 976. The van der Waals surface area contributed by atoms with Crippen molar-refractivity contribution in [2.45, 2.75) is 20.4 Å². The average Bonchev–Trinajstić information content (AvgIpc) is 2.66. The molecule has 1 aliphatic heterocycles. The zero-order valence-corrected chi connectivity index (χ0v) is 15.1. The molecule has 6 heteroatoms. The first kappa shape index (κ1) is 16.7. The van der Waals surface area contributed by atoms with E-state index in [9.17, 15) is 4.79 Å². The molecule has 0 unspecified atom stereocenters. The van der Waals surface area contributed by atoms with Crippen molar-refractivity contribution in [2.24, 2.45) is 0 Å². The van der Waals surface area contributed by atoms with Crippen molar-refractivity contribution in [1.29, 1.82) is 0 Å². The van der Waals surface area contributed by atoms with Crippen LogP contribution in [0.15, 0.2) is 45.9 Å². The monoisotopic (exact) mass is 350 g/mol. The minimum atomic E-state index is -0.280. The fourth-order valence-corrected chi connectivity index (χ4v) is 3.46. The van der Waals surface area contributed by atoms with Crippen molar-refractivity contribution in [3.8, 4) is 0 Å². The minimum absolute atomic E-state index is 0.280. The van der Waals surface area contributed by atoms with Gasteiger partial charge in [-0.1, -0.05) is 12.1 Å². The fraction of sp³-hybridized carbons (Fsp3) is 0.350. The molecule has 6 nitrogen and oxygen atoms in total. The number of fused-ring (bicyclic) bond motifs is 1. The van der Waals surface area contributed by atoms with E-state index in [0.717, 1.165) is 60.7 Å². The van der Waals surface area contributed by atoms with Crippen molar-refractivity contribution in [3.05, 3.63) is 63.8 Å². The van der Waals surface area contributed by atoms with Gasteiger partial charge in [-0.05, 0) is 36.6 Å². The number of aromatic nitrogens is 2. The Kier molecular flexibility index (Phi) is 4.42. The molecule has 1 aromatic carbocycles. The fourth-order valence-electron chi connectivity index (χ4n) is 3.46. The second kappa shape index (κ2) is 6.88. The molecule has 2 aromatic heterocycles. The first-order chi connectivity index (χ1) is 12.6. The van der Waals surface area contributed by atoms with Crippen LogP contribution in [0.5, 0.6) is 0 Å². The van der Waals surface area contributed by atoms with Crippen LogP contribution >= 0.6 is 0 Å². The lowest BCUT2D eigenvalue weighted by Crippen LogP contribution is -2.46. The maximum absolute atomic E-state index is 12.0. The number of benzene rings is 1. The number of anilines is 1. The van der Waals surface area contributed by atoms with Gasteiger partial charge in [-0.2, -0.15) is 0 Å². The quantitative estimate of drug-likeness (QED) is 0.677. The summed E-state index contributed by atoms with van der Waals surface area (Å²) in [6.45, 7) is 8.35. The summed E-state index contributed by atoms with van der Waals surface area (Å²) < 4.78 is 5.48. The summed E-state index contributed by atoms with van der Waals surface area (Å²) in [7, 11) is 0. The van der Waals surface area contributed by atoms with E-state index in [4.69, 9.17) is 4.42 Å². The highest BCUT2D eigenvalue weighted by Gasteiger charge is 2.20. The van der Waals surface area contributed by atoms with Crippen molar-refractivity contribution in [2.75, 3.05) is 31.1 Å². The number of hydrogen-bond acceptors (Lipinski definition) is 6. The van der Waals surface area contributed by atoms with Crippen molar-refractivity contribution in [1.82, 2.24) is 14.9 Å². The minimum Gasteiger partial charge on any atom is -0.422 e. The van der Waals surface area contributed by atoms with Gasteiger partial charge in [-0.15, -0.1) is 0 Å². The predicted molar refractivity (Wildman–Crippen MR) is 101 cm³/mol. The van der Waals surface area contributed by atoms with Crippen LogP contribution in [0, 0.1) is 13.8 Å². The van der Waals surface area contributed by atoms with Crippen LogP contribution in [0.1, 0.15) is 16.7 Å². The van der Waals surface area contributed by atoms with Gasteiger partial charge in [0.15, 0.2) is 0 Å². The van der Waals surface area contributed by atoms with E-state index in [1.54, 1.807) is 18.5 Å². The smallest absolute Gasteiger partial charge is 0.336 e. The SMILES string of the molecule is Cc1ccc2c(CN3CCN(c4ncccn4)CC3)cc(=O)oc2c1C. The molecule has 0 amide bonds. The summed E-state index contributed by atoms with van der Waals surface area (Å²) in [5, 5.41) is 1.03. The van der Waals surface area contributed by atoms with Gasteiger partial charge in [0.25, 0.3) is 0 Å². The molecule has 3 aromatic rings. The van der Waals surface area contributed by atoms with E-state index in [1.165, 1.54) is 0 Å². The first-order valence-electron chi connectivity index (χ1n) is 8.89. The van der Waals surface area contributed by atoms with Gasteiger partial charge in [0.2, 0.25) is 5.95 Å². The van der Waals surface area contributed by atoms with Crippen LogP contribution < -0.4 is 10.5 Å². The number of nitrogens with zero attached hydrogens (tertiary/aromatic N) is 4. The van der Waals surface area contributed by atoms with E-state index in [-0.39, 0.29) is 5.63 Å². The molecule has 0 atom stereocenters. The second-order valence-corrected chi connectivity index (χ2v) is 6.79. The van der Waals surface area contributed by atoms with Gasteiger partial charge in [0, 0.05) is 56.6 Å². The van der Waals surface area contributed by atoms with Gasteiger partial charge in [0.1, 0.15) is 5.58 Å². The lowest BCUT2D eigenvalue weighted by atomic mass is 10.0. The molecule has 0 aliphatic carbocycles. The molecule has 0 spiro atoms. The number of aryl methyl sites for hydroxylation is 2. The van der Waals surface area contributed by atoms with Crippen LogP contribution in [0.25, 0.3) is 11.0 Å². The highest BCUT2D eigenvalue weighted by atomic mass is 16.4. The van der Waals surface area contributed by atoms with Gasteiger partial charge >= 0.3 is 5.63 Å². The lowest BCUT2D eigenvalue weighted by Gasteiger charge is -2.34. The molecule has 3 heterocycles. The van der Waals surface area contributed by atoms with Crippen LogP contribution in [0.3, 0.4) is 0 Å². The highest BCUT2D eigenvalue weighted by Crippen LogP contribution is 2.24. The van der Waals surface area contributed by atoms with Crippen LogP contribution in [-0.4, -0.2) is 41.0 Å². The van der Waals surface area contributed by atoms with E-state index in [2.05, 4.69) is 31.9 Å². The van der Waals surface area contributed by atoms with Crippen LogP contribution in [0.2, 0.25) is 0 Å². The highest BCUT2D eigenvalue weighted by molar-refractivity contribution is 5.83. The van der Waals surface area contributed by atoms with Crippen LogP contribution in [0.4, 0.5) is 5.95 Å². The molecule has 0 saturated carbocycles. The summed E-state index contributed by atoms with van der Waals surface area (Å²) in [5.41, 5.74) is 3.63. The Labute approximate surface area is 152 Å². The van der Waals surface area contributed by atoms with E-state index in [1.807, 2.05) is 19.9 Å². The Hall–Kier alpha value is -2.73. The molecule has 1 saturated heterocycles. The standard InChI is InChI=1S/C20H22N4O2/c1-14-4-5-17-16(12-18(25)26-19(17)15(14)2)13-23-8-10-24(11-9-23)20-21-6-3-7-22-20/h3-7,12H,8-11,13H2,1-2H3. The third-order valence-electron chi connectivity index (χ3n) is 5.12. The molecule has 1 fully saturated rings. The third kappa shape index (κ3) is 3.20. The van der Waals surface area contributed by atoms with Gasteiger partial charge < -0.3 is 9.32 Å². The third-order valence-corrected chi connectivity index (χ3v) is 5.12. The van der Waals surface area contributed by atoms with Gasteiger partial charge in [0.05, 0.1) is 0 Å². The van der Waals surface area contributed by atoms with Crippen molar-refractivity contribution >= 4 is 16.9 Å². The largest absolute Gasteiger partial charge is 0.422 e. The summed E-state index contributed by atoms with van der Waals surface area (Å²) in [6, 6.07) is 7.61. The van der Waals surface area contributed by atoms with Crippen molar-refractivity contribution in [3.63, 3.8) is 0 Å². The number of rotatable bonds is 3. The first-order valence-corrected chi connectivity index (χ1v) is 8.89. The molecule has 0 bridgehead atoms. The number of piperazine rings is 1. The summed E-state index contributed by atoms with van der Waals surface area (Å²) >= 11 is 0. The Morgan fingerprint density at radius 2 is 1.81 bits per heavy atom. The summed E-state index contributed by atoms with van der Waals surface area (Å²) in [6.07, 6.45) is 3.54. The number of hydrogen-bond donors (Lipinski definition) is 0.